The van der Waals surface area contributed by atoms with E-state index in [1.807, 2.05) is 30.3 Å². The van der Waals surface area contributed by atoms with Gasteiger partial charge in [-0.25, -0.2) is 13.6 Å². The summed E-state index contributed by atoms with van der Waals surface area (Å²) in [6, 6.07) is 12.3. The first-order valence-corrected chi connectivity index (χ1v) is 10.5. The summed E-state index contributed by atoms with van der Waals surface area (Å²) in [6.45, 7) is 1.38. The Labute approximate surface area is 181 Å². The molecule has 164 valence electrons. The lowest BCUT2D eigenvalue weighted by Gasteiger charge is -2.41. The highest BCUT2D eigenvalue weighted by atomic mass is 19.1. The minimum atomic E-state index is -1.16. The second kappa shape index (κ2) is 8.77. The van der Waals surface area contributed by atoms with E-state index in [-0.39, 0.29) is 30.8 Å². The zero-order valence-electron chi connectivity index (χ0n) is 17.5. The molecule has 0 bridgehead atoms. The number of nitrogens with one attached hydrogen (secondary N) is 1. The van der Waals surface area contributed by atoms with Crippen LogP contribution in [0.15, 0.2) is 54.6 Å². The van der Waals surface area contributed by atoms with Crippen LogP contribution >= 0.6 is 0 Å². The van der Waals surface area contributed by atoms with Crippen LogP contribution in [-0.4, -0.2) is 60.3 Å². The van der Waals surface area contributed by atoms with Crippen LogP contribution in [0.5, 0.6) is 0 Å². The molecule has 5 nitrogen and oxygen atoms in total. The Morgan fingerprint density at radius 1 is 1.19 bits per heavy atom. The van der Waals surface area contributed by atoms with Crippen LogP contribution in [0, 0.1) is 11.6 Å². The number of carbonyl (C=O) groups is 1. The average Bonchev–Trinajstić information content (AvgIpc) is 3.21. The molecular weight excluding hydrogens is 400 g/mol. The molecule has 0 saturated carbocycles. The number of halogens is 2. The van der Waals surface area contributed by atoms with E-state index in [4.69, 9.17) is 0 Å². The van der Waals surface area contributed by atoms with Crippen LogP contribution in [0.1, 0.15) is 24.0 Å². The molecule has 0 spiro atoms. The van der Waals surface area contributed by atoms with Crippen LogP contribution in [0.25, 0.3) is 5.57 Å². The number of amides is 2. The molecule has 7 heteroatoms. The second-order valence-electron chi connectivity index (χ2n) is 8.20. The molecule has 0 aromatic heterocycles. The maximum atomic E-state index is 14.6. The van der Waals surface area contributed by atoms with E-state index in [0.717, 1.165) is 49.7 Å². The number of rotatable bonds is 4. The van der Waals surface area contributed by atoms with Gasteiger partial charge >= 0.3 is 6.03 Å². The minimum Gasteiger partial charge on any atom is -0.393 e. The van der Waals surface area contributed by atoms with Gasteiger partial charge in [0.15, 0.2) is 0 Å². The summed E-state index contributed by atoms with van der Waals surface area (Å²) in [5.74, 6) is -1.11. The van der Waals surface area contributed by atoms with Gasteiger partial charge in [-0.3, -0.25) is 0 Å². The molecule has 2 aromatic rings. The maximum absolute atomic E-state index is 14.6. The molecular formula is C24H27F2N3O2. The highest BCUT2D eigenvalue weighted by molar-refractivity contribution is 5.83. The van der Waals surface area contributed by atoms with Crippen LogP contribution in [-0.2, 0) is 5.54 Å². The first-order valence-electron chi connectivity index (χ1n) is 10.5. The van der Waals surface area contributed by atoms with Crippen molar-refractivity contribution in [2.24, 2.45) is 0 Å². The standard InChI is InChI=1S/C24H27F2N3O2/c1-28(20-9-11-27-12-10-20)23(31)29-15-17(21-13-19(25)7-8-22(21)26)14-24(29,16-30)18-5-3-2-4-6-18/h2-8,13-14,20,27,30H,9-12,15-16H2,1H3/t24-/m1/s1. The minimum absolute atomic E-state index is 0.0734. The first kappa shape index (κ1) is 21.5. The van der Waals surface area contributed by atoms with Crippen molar-refractivity contribution in [2.45, 2.75) is 24.4 Å². The Kier molecular flexibility index (Phi) is 6.07. The molecule has 2 aliphatic heterocycles. The van der Waals surface area contributed by atoms with Gasteiger partial charge in [-0.2, -0.15) is 0 Å². The third-order valence-corrected chi connectivity index (χ3v) is 6.40. The lowest BCUT2D eigenvalue weighted by atomic mass is 9.89. The van der Waals surface area contributed by atoms with E-state index in [1.54, 1.807) is 22.9 Å². The maximum Gasteiger partial charge on any atom is 0.321 e. The third-order valence-electron chi connectivity index (χ3n) is 6.40. The number of aliphatic hydroxyl groups is 1. The Morgan fingerprint density at radius 2 is 1.90 bits per heavy atom. The molecule has 2 aromatic carbocycles. The fourth-order valence-electron chi connectivity index (χ4n) is 4.60. The van der Waals surface area contributed by atoms with Gasteiger partial charge in [0.25, 0.3) is 0 Å². The number of hydrogen-bond donors (Lipinski definition) is 2. The van der Waals surface area contributed by atoms with Crippen molar-refractivity contribution in [3.63, 3.8) is 0 Å². The molecule has 2 N–H and O–H groups in total. The number of piperidine rings is 1. The van der Waals surface area contributed by atoms with E-state index in [1.165, 1.54) is 0 Å². The monoisotopic (exact) mass is 427 g/mol. The van der Waals surface area contributed by atoms with Gasteiger partial charge in [0.2, 0.25) is 0 Å². The number of hydrogen-bond acceptors (Lipinski definition) is 3. The zero-order chi connectivity index (χ0) is 22.0. The van der Waals surface area contributed by atoms with Crippen molar-refractivity contribution >= 4 is 11.6 Å². The molecule has 1 atom stereocenters. The lowest BCUT2D eigenvalue weighted by molar-refractivity contribution is 0.0759. The van der Waals surface area contributed by atoms with Gasteiger partial charge in [-0.1, -0.05) is 30.3 Å². The molecule has 31 heavy (non-hydrogen) atoms. The van der Waals surface area contributed by atoms with Crippen molar-refractivity contribution in [1.29, 1.82) is 0 Å². The van der Waals surface area contributed by atoms with Gasteiger partial charge in [0, 0.05) is 25.2 Å². The number of nitrogens with zero attached hydrogens (tertiary/aromatic N) is 2. The van der Waals surface area contributed by atoms with Gasteiger partial charge in [0.1, 0.15) is 17.2 Å². The van der Waals surface area contributed by atoms with Crippen molar-refractivity contribution < 1.29 is 18.7 Å². The molecule has 1 fully saturated rings. The fraction of sp³-hybridized carbons (Fsp3) is 0.375. The Hall–Kier alpha value is -2.77. The predicted molar refractivity (Wildman–Crippen MR) is 115 cm³/mol. The average molecular weight is 427 g/mol. The van der Waals surface area contributed by atoms with E-state index >= 15 is 0 Å². The summed E-state index contributed by atoms with van der Waals surface area (Å²) in [7, 11) is 1.77. The summed E-state index contributed by atoms with van der Waals surface area (Å²) in [5, 5.41) is 13.8. The summed E-state index contributed by atoms with van der Waals surface area (Å²) in [6.07, 6.45) is 3.38. The molecule has 0 unspecified atom stereocenters. The van der Waals surface area contributed by atoms with E-state index in [2.05, 4.69) is 5.32 Å². The van der Waals surface area contributed by atoms with E-state index < -0.39 is 17.2 Å². The van der Waals surface area contributed by atoms with Crippen molar-refractivity contribution in [1.82, 2.24) is 15.1 Å². The molecule has 0 radical (unpaired) electrons. The van der Waals surface area contributed by atoms with Crippen LogP contribution in [0.3, 0.4) is 0 Å². The third kappa shape index (κ3) is 3.95. The Balaban J connectivity index is 1.76. The Morgan fingerprint density at radius 3 is 2.58 bits per heavy atom. The van der Waals surface area contributed by atoms with Crippen LogP contribution in [0.2, 0.25) is 0 Å². The molecule has 2 aliphatic rings. The van der Waals surface area contributed by atoms with Gasteiger partial charge < -0.3 is 20.2 Å². The predicted octanol–water partition coefficient (Wildman–Crippen LogP) is 3.36. The molecule has 2 heterocycles. The fourth-order valence-corrected chi connectivity index (χ4v) is 4.60. The number of aliphatic hydroxyl groups excluding tert-OH is 1. The van der Waals surface area contributed by atoms with E-state index in [9.17, 15) is 18.7 Å². The first-order chi connectivity index (χ1) is 15.0. The Bertz CT molecular complexity index is 976. The summed E-state index contributed by atoms with van der Waals surface area (Å²) in [4.78, 5) is 16.9. The molecule has 2 amide bonds. The van der Waals surface area contributed by atoms with Gasteiger partial charge in [0.05, 0.1) is 6.61 Å². The van der Waals surface area contributed by atoms with Gasteiger partial charge in [-0.15, -0.1) is 0 Å². The van der Waals surface area contributed by atoms with E-state index in [0.29, 0.717) is 5.57 Å². The zero-order valence-corrected chi connectivity index (χ0v) is 17.5. The number of urea groups is 1. The lowest BCUT2D eigenvalue weighted by Crippen LogP contribution is -2.55. The van der Waals surface area contributed by atoms with Crippen molar-refractivity contribution in [3.8, 4) is 0 Å². The smallest absolute Gasteiger partial charge is 0.321 e. The van der Waals surface area contributed by atoms with Gasteiger partial charge in [-0.05, 0) is 61.3 Å². The highest BCUT2D eigenvalue weighted by Gasteiger charge is 2.46. The summed E-state index contributed by atoms with van der Waals surface area (Å²) < 4.78 is 28.5. The molecule has 1 saturated heterocycles. The molecule has 0 aliphatic carbocycles. The topological polar surface area (TPSA) is 55.8 Å². The molecule has 4 rings (SSSR count). The largest absolute Gasteiger partial charge is 0.393 e. The highest BCUT2D eigenvalue weighted by Crippen LogP contribution is 2.41. The summed E-state index contributed by atoms with van der Waals surface area (Å²) in [5.41, 5.74) is 0.139. The SMILES string of the molecule is CN(C(=O)N1CC(c2cc(F)ccc2F)=C[C@@]1(CO)c1ccccc1)C1CCNCC1. The van der Waals surface area contributed by atoms with Crippen molar-refractivity contribution in [2.75, 3.05) is 33.3 Å². The second-order valence-corrected chi connectivity index (χ2v) is 8.20. The quantitative estimate of drug-likeness (QED) is 0.787. The number of carbonyl (C=O) groups excluding carboxylic acids is 1. The van der Waals surface area contributed by atoms with Crippen LogP contribution in [0.4, 0.5) is 13.6 Å². The normalized spacial score (nSPS) is 21.8. The van der Waals surface area contributed by atoms with Crippen LogP contribution < -0.4 is 5.32 Å². The van der Waals surface area contributed by atoms with Crippen molar-refractivity contribution in [3.05, 3.63) is 77.4 Å². The number of benzene rings is 2. The summed E-state index contributed by atoms with van der Waals surface area (Å²) >= 11 is 0.